The number of alkyl halides is 1. The molecule has 1 aromatic carbocycles. The minimum Gasteiger partial charge on any atom is -0.507 e. The number of hydrogen-bond acceptors (Lipinski definition) is 6. The minimum absolute atomic E-state index is 0.0404. The molecule has 5 rings (SSSR count). The van der Waals surface area contributed by atoms with Crippen molar-refractivity contribution >= 4 is 0 Å². The molecule has 2 aromatic heterocycles. The van der Waals surface area contributed by atoms with E-state index in [1.165, 1.54) is 23.0 Å². The van der Waals surface area contributed by atoms with Crippen LogP contribution in [-0.4, -0.2) is 49.4 Å². The monoisotopic (exact) mass is 413 g/mol. The van der Waals surface area contributed by atoms with Gasteiger partial charge < -0.3 is 15.2 Å². The van der Waals surface area contributed by atoms with Crippen molar-refractivity contribution in [2.45, 2.75) is 50.0 Å². The number of ether oxygens (including phenoxy) is 1. The standard InChI is InChI=1S/C21H21F2N5O2/c22-19-8-9-28(27-19)13-4-5-14(17(29)11-13)15-6-7-20(26-25-15)30-18-10-12-2-1-3-16(24-12)21(18)23/h4-9,11-12,16,18,21,24,29H,1-3,10H2/t12?,16?,18-,21+/m0/s1. The summed E-state index contributed by atoms with van der Waals surface area (Å²) < 4.78 is 34.9. The molecule has 2 saturated heterocycles. The number of hydrogen-bond donors (Lipinski definition) is 2. The molecule has 4 atom stereocenters. The first-order chi connectivity index (χ1) is 14.6. The number of nitrogens with zero attached hydrogens (tertiary/aromatic N) is 4. The maximum absolute atomic E-state index is 14.7. The van der Waals surface area contributed by atoms with Crippen LogP contribution in [0, 0.1) is 5.95 Å². The number of rotatable bonds is 4. The zero-order valence-corrected chi connectivity index (χ0v) is 16.1. The van der Waals surface area contributed by atoms with Gasteiger partial charge in [-0.3, -0.25) is 0 Å². The Bertz CT molecular complexity index is 1040. The fraction of sp³-hybridized carbons (Fsp3) is 0.381. The normalized spacial score (nSPS) is 25.8. The molecule has 3 aromatic rings. The summed E-state index contributed by atoms with van der Waals surface area (Å²) >= 11 is 0. The van der Waals surface area contributed by atoms with E-state index in [0.717, 1.165) is 19.3 Å². The Morgan fingerprint density at radius 3 is 2.77 bits per heavy atom. The largest absolute Gasteiger partial charge is 0.507 e. The molecule has 2 aliphatic heterocycles. The molecule has 2 aliphatic rings. The summed E-state index contributed by atoms with van der Waals surface area (Å²) in [7, 11) is 0. The van der Waals surface area contributed by atoms with Gasteiger partial charge in [0, 0.05) is 48.5 Å². The number of fused-ring (bicyclic) bond motifs is 2. The van der Waals surface area contributed by atoms with Gasteiger partial charge in [0.05, 0.1) is 11.4 Å². The molecular weight excluding hydrogens is 392 g/mol. The van der Waals surface area contributed by atoms with Crippen molar-refractivity contribution in [2.24, 2.45) is 0 Å². The van der Waals surface area contributed by atoms with Gasteiger partial charge >= 0.3 is 0 Å². The molecule has 7 nitrogen and oxygen atoms in total. The van der Waals surface area contributed by atoms with E-state index in [1.807, 2.05) is 0 Å². The minimum atomic E-state index is -1.08. The molecule has 0 amide bonds. The van der Waals surface area contributed by atoms with Gasteiger partial charge in [-0.2, -0.15) is 4.39 Å². The van der Waals surface area contributed by atoms with Gasteiger partial charge in [0.15, 0.2) is 6.17 Å². The van der Waals surface area contributed by atoms with Crippen molar-refractivity contribution in [1.82, 2.24) is 25.3 Å². The van der Waals surface area contributed by atoms with E-state index in [4.69, 9.17) is 4.74 Å². The quantitative estimate of drug-likeness (QED) is 0.684. The van der Waals surface area contributed by atoms with Crippen molar-refractivity contribution in [3.63, 3.8) is 0 Å². The summed E-state index contributed by atoms with van der Waals surface area (Å²) in [6.45, 7) is 0. The Morgan fingerprint density at radius 2 is 2.03 bits per heavy atom. The van der Waals surface area contributed by atoms with E-state index >= 15 is 0 Å². The average molecular weight is 413 g/mol. The predicted octanol–water partition coefficient (Wildman–Crippen LogP) is 3.17. The Labute approximate surface area is 171 Å². The zero-order valence-electron chi connectivity index (χ0n) is 16.1. The second kappa shape index (κ2) is 7.64. The Kier molecular flexibility index (Phi) is 4.82. The Balaban J connectivity index is 1.31. The van der Waals surface area contributed by atoms with Gasteiger partial charge in [-0.1, -0.05) is 6.42 Å². The number of aromatic nitrogens is 4. The van der Waals surface area contributed by atoms with E-state index in [9.17, 15) is 13.9 Å². The summed E-state index contributed by atoms with van der Waals surface area (Å²) in [5.74, 6) is -0.385. The first-order valence-corrected chi connectivity index (χ1v) is 10.0. The molecule has 2 fully saturated rings. The van der Waals surface area contributed by atoms with Crippen LogP contribution in [0.3, 0.4) is 0 Å². The first-order valence-electron chi connectivity index (χ1n) is 10.0. The second-order valence-electron chi connectivity index (χ2n) is 7.78. The number of phenols is 1. The summed E-state index contributed by atoms with van der Waals surface area (Å²) in [5, 5.41) is 25.6. The van der Waals surface area contributed by atoms with Gasteiger partial charge in [0.2, 0.25) is 11.8 Å². The Morgan fingerprint density at radius 1 is 1.13 bits per heavy atom. The highest BCUT2D eigenvalue weighted by molar-refractivity contribution is 5.68. The topological polar surface area (TPSA) is 85.1 Å². The maximum Gasteiger partial charge on any atom is 0.233 e. The molecule has 9 heteroatoms. The number of phenolic OH excluding ortho intramolecular Hbond substituents is 1. The van der Waals surface area contributed by atoms with Gasteiger partial charge in [-0.05, 0) is 31.0 Å². The van der Waals surface area contributed by atoms with Crippen LogP contribution < -0.4 is 10.1 Å². The maximum atomic E-state index is 14.7. The fourth-order valence-corrected chi connectivity index (χ4v) is 4.28. The third-order valence-electron chi connectivity index (χ3n) is 5.76. The van der Waals surface area contributed by atoms with Crippen molar-refractivity contribution in [3.8, 4) is 28.6 Å². The molecule has 2 bridgehead atoms. The van der Waals surface area contributed by atoms with Crippen LogP contribution in [0.4, 0.5) is 8.78 Å². The molecule has 0 spiro atoms. The van der Waals surface area contributed by atoms with E-state index in [0.29, 0.717) is 23.4 Å². The lowest BCUT2D eigenvalue weighted by Gasteiger charge is -2.42. The molecule has 0 aliphatic carbocycles. The summed E-state index contributed by atoms with van der Waals surface area (Å²) in [5.41, 5.74) is 1.42. The second-order valence-corrected chi connectivity index (χ2v) is 7.78. The van der Waals surface area contributed by atoms with Crippen molar-refractivity contribution in [3.05, 3.63) is 48.5 Å². The lowest BCUT2D eigenvalue weighted by Crippen LogP contribution is -2.59. The van der Waals surface area contributed by atoms with Gasteiger partial charge in [0.1, 0.15) is 11.9 Å². The van der Waals surface area contributed by atoms with Crippen LogP contribution in [0.5, 0.6) is 11.6 Å². The number of benzene rings is 1. The average Bonchev–Trinajstić information content (AvgIpc) is 3.19. The van der Waals surface area contributed by atoms with E-state index < -0.39 is 18.2 Å². The highest BCUT2D eigenvalue weighted by Gasteiger charge is 2.41. The van der Waals surface area contributed by atoms with Crippen LogP contribution in [0.15, 0.2) is 42.6 Å². The van der Waals surface area contributed by atoms with E-state index in [1.54, 1.807) is 24.3 Å². The molecule has 2 unspecified atom stereocenters. The smallest absolute Gasteiger partial charge is 0.233 e. The Hall–Kier alpha value is -3.07. The molecule has 0 radical (unpaired) electrons. The van der Waals surface area contributed by atoms with Crippen molar-refractivity contribution in [1.29, 1.82) is 0 Å². The number of piperidine rings is 2. The number of aromatic hydroxyl groups is 1. The predicted molar refractivity (Wildman–Crippen MR) is 105 cm³/mol. The fourth-order valence-electron chi connectivity index (χ4n) is 4.28. The van der Waals surface area contributed by atoms with Crippen LogP contribution in [0.25, 0.3) is 16.9 Å². The van der Waals surface area contributed by atoms with Gasteiger partial charge in [0.25, 0.3) is 0 Å². The molecule has 156 valence electrons. The SMILES string of the molecule is Oc1cc(-n2ccc(F)n2)ccc1-c1ccc(O[C@H]2CC3CCCC(N3)[C@H]2F)nn1. The molecule has 2 N–H and O–H groups in total. The summed E-state index contributed by atoms with van der Waals surface area (Å²) in [4.78, 5) is 0. The first kappa shape index (κ1) is 18.9. The molecular formula is C21H21F2N5O2. The lowest BCUT2D eigenvalue weighted by atomic mass is 9.84. The van der Waals surface area contributed by atoms with Gasteiger partial charge in [-0.15, -0.1) is 15.3 Å². The van der Waals surface area contributed by atoms with Crippen LogP contribution in [-0.2, 0) is 0 Å². The highest BCUT2D eigenvalue weighted by Crippen LogP contribution is 2.32. The van der Waals surface area contributed by atoms with Crippen molar-refractivity contribution in [2.75, 3.05) is 0 Å². The lowest BCUT2D eigenvalue weighted by molar-refractivity contribution is 0.00652. The van der Waals surface area contributed by atoms with E-state index in [-0.39, 0.29) is 23.7 Å². The summed E-state index contributed by atoms with van der Waals surface area (Å²) in [6, 6.07) is 9.46. The molecule has 4 heterocycles. The molecule has 0 saturated carbocycles. The number of halogens is 2. The summed E-state index contributed by atoms with van der Waals surface area (Å²) in [6.07, 6.45) is 3.36. The molecule has 30 heavy (non-hydrogen) atoms. The number of nitrogens with one attached hydrogen (secondary N) is 1. The third kappa shape index (κ3) is 3.60. The van der Waals surface area contributed by atoms with Crippen LogP contribution >= 0.6 is 0 Å². The van der Waals surface area contributed by atoms with Crippen LogP contribution in [0.1, 0.15) is 25.7 Å². The van der Waals surface area contributed by atoms with Gasteiger partial charge in [-0.25, -0.2) is 9.07 Å². The van der Waals surface area contributed by atoms with Crippen molar-refractivity contribution < 1.29 is 18.6 Å². The third-order valence-corrected chi connectivity index (χ3v) is 5.76. The van der Waals surface area contributed by atoms with Crippen LogP contribution in [0.2, 0.25) is 0 Å². The van der Waals surface area contributed by atoms with E-state index in [2.05, 4.69) is 20.6 Å². The zero-order chi connectivity index (χ0) is 20.7. The highest BCUT2D eigenvalue weighted by atomic mass is 19.1.